The van der Waals surface area contributed by atoms with Crippen molar-refractivity contribution in [1.82, 2.24) is 15.6 Å². The molecule has 2 amide bonds. The largest absolute Gasteiger partial charge is 0.483 e. The summed E-state index contributed by atoms with van der Waals surface area (Å²) in [4.78, 5) is 24.2. The molecule has 3 N–H and O–H groups in total. The molecule has 0 bridgehead atoms. The third-order valence-corrected chi connectivity index (χ3v) is 7.08. The predicted molar refractivity (Wildman–Crippen MR) is 118 cm³/mol. The molecule has 1 aromatic heterocycles. The summed E-state index contributed by atoms with van der Waals surface area (Å²) in [5, 5.41) is 1.62. The van der Waals surface area contributed by atoms with Crippen LogP contribution in [0.4, 0.5) is 0 Å². The van der Waals surface area contributed by atoms with Gasteiger partial charge in [-0.25, -0.2) is 8.42 Å². The van der Waals surface area contributed by atoms with Gasteiger partial charge < -0.3 is 4.74 Å². The van der Waals surface area contributed by atoms with Gasteiger partial charge in [0.05, 0.1) is 6.04 Å². The summed E-state index contributed by atoms with van der Waals surface area (Å²) in [7, 11) is -3.81. The van der Waals surface area contributed by atoms with Crippen molar-refractivity contribution in [2.75, 3.05) is 6.61 Å². The summed E-state index contributed by atoms with van der Waals surface area (Å²) in [6.07, 6.45) is 0. The first-order valence-corrected chi connectivity index (χ1v) is 11.6. The van der Waals surface area contributed by atoms with E-state index in [9.17, 15) is 18.0 Å². The Morgan fingerprint density at radius 3 is 2.39 bits per heavy atom. The smallest absolute Gasteiger partial charge is 0.276 e. The maximum absolute atomic E-state index is 12.2. The molecule has 31 heavy (non-hydrogen) atoms. The Balaban J connectivity index is 1.50. The van der Waals surface area contributed by atoms with Crippen LogP contribution in [0.5, 0.6) is 5.75 Å². The Morgan fingerprint density at radius 2 is 1.68 bits per heavy atom. The van der Waals surface area contributed by atoms with Crippen LogP contribution in [0, 0.1) is 0 Å². The molecule has 0 aliphatic heterocycles. The van der Waals surface area contributed by atoms with Crippen molar-refractivity contribution in [3.8, 4) is 16.9 Å². The maximum Gasteiger partial charge on any atom is 0.276 e. The molecule has 1 unspecified atom stereocenters. The molecule has 0 radical (unpaired) electrons. The van der Waals surface area contributed by atoms with E-state index in [1.54, 1.807) is 23.6 Å². The zero-order valence-electron chi connectivity index (χ0n) is 16.6. The van der Waals surface area contributed by atoms with Gasteiger partial charge in [0.2, 0.25) is 0 Å². The van der Waals surface area contributed by atoms with E-state index >= 15 is 0 Å². The van der Waals surface area contributed by atoms with Crippen LogP contribution in [-0.4, -0.2) is 32.9 Å². The van der Waals surface area contributed by atoms with E-state index in [0.29, 0.717) is 5.75 Å². The summed E-state index contributed by atoms with van der Waals surface area (Å²) >= 11 is 1.04. The Bertz CT molecular complexity index is 1130. The van der Waals surface area contributed by atoms with E-state index < -0.39 is 27.9 Å². The Hall–Kier alpha value is -3.21. The van der Waals surface area contributed by atoms with E-state index in [1.165, 1.54) is 13.0 Å². The van der Waals surface area contributed by atoms with Gasteiger partial charge in [0.1, 0.15) is 9.96 Å². The van der Waals surface area contributed by atoms with Crippen molar-refractivity contribution in [3.05, 3.63) is 72.1 Å². The minimum absolute atomic E-state index is 0.0988. The highest BCUT2D eigenvalue weighted by atomic mass is 32.2. The number of benzene rings is 2. The van der Waals surface area contributed by atoms with E-state index in [1.807, 2.05) is 42.5 Å². The lowest BCUT2D eigenvalue weighted by Gasteiger charge is -2.15. The molecule has 2 aromatic carbocycles. The van der Waals surface area contributed by atoms with Crippen LogP contribution in [-0.2, 0) is 19.6 Å². The maximum atomic E-state index is 12.2. The third-order valence-electron chi connectivity index (χ3n) is 4.14. The van der Waals surface area contributed by atoms with Crippen molar-refractivity contribution >= 4 is 33.2 Å². The first kappa shape index (κ1) is 22.5. The highest BCUT2D eigenvalue weighted by molar-refractivity contribution is 7.91. The second-order valence-electron chi connectivity index (χ2n) is 6.46. The van der Waals surface area contributed by atoms with Gasteiger partial charge in [0, 0.05) is 5.56 Å². The minimum atomic E-state index is -3.81. The number of nitrogens with one attached hydrogen (secondary N) is 3. The first-order chi connectivity index (χ1) is 14.9. The molecule has 10 heteroatoms. The lowest BCUT2D eigenvalue weighted by molar-refractivity contribution is -0.130. The number of hydrogen-bond donors (Lipinski definition) is 3. The lowest BCUT2D eigenvalue weighted by Crippen LogP contribution is -2.51. The number of sulfonamides is 1. The van der Waals surface area contributed by atoms with Gasteiger partial charge in [-0.1, -0.05) is 54.6 Å². The summed E-state index contributed by atoms with van der Waals surface area (Å²) < 4.78 is 32.3. The van der Waals surface area contributed by atoms with Crippen LogP contribution in [0.3, 0.4) is 0 Å². The van der Waals surface area contributed by atoms with Gasteiger partial charge in [-0.3, -0.25) is 20.4 Å². The van der Waals surface area contributed by atoms with Crippen LogP contribution in [0.15, 0.2) is 76.3 Å². The van der Waals surface area contributed by atoms with E-state index in [-0.39, 0.29) is 10.8 Å². The van der Waals surface area contributed by atoms with Crippen LogP contribution in [0.1, 0.15) is 6.92 Å². The first-order valence-electron chi connectivity index (χ1n) is 9.28. The van der Waals surface area contributed by atoms with Crippen molar-refractivity contribution < 1.29 is 22.7 Å². The molecule has 3 aromatic rings. The number of hydrazine groups is 1. The number of ether oxygens (including phenoxy) is 1. The number of para-hydroxylation sites is 1. The quantitative estimate of drug-likeness (QED) is 0.448. The number of amides is 2. The molecular weight excluding hydrogens is 438 g/mol. The van der Waals surface area contributed by atoms with Crippen LogP contribution < -0.4 is 20.3 Å². The minimum Gasteiger partial charge on any atom is -0.483 e. The molecule has 1 atom stereocenters. The third kappa shape index (κ3) is 6.14. The SMILES string of the molecule is CC(NS(=O)(=O)c1cccs1)C(=O)NNC(=O)COc1ccccc1-c1ccccc1. The van der Waals surface area contributed by atoms with E-state index in [4.69, 9.17) is 4.74 Å². The second-order valence-corrected chi connectivity index (χ2v) is 9.35. The standard InChI is InChI=1S/C21H21N3O5S2/c1-15(24-31(27,28)20-12-7-13-30-20)21(26)23-22-19(25)14-29-18-11-6-5-10-17(18)16-8-3-2-4-9-16/h2-13,15,24H,14H2,1H3,(H,22,25)(H,23,26). The summed E-state index contributed by atoms with van der Waals surface area (Å²) in [5.41, 5.74) is 6.18. The molecule has 162 valence electrons. The van der Waals surface area contributed by atoms with Crippen LogP contribution in [0.2, 0.25) is 0 Å². The number of carbonyl (C=O) groups is 2. The Labute approximate surface area is 184 Å². The number of rotatable bonds is 8. The highest BCUT2D eigenvalue weighted by Crippen LogP contribution is 2.29. The fourth-order valence-corrected chi connectivity index (χ4v) is 4.84. The molecule has 0 spiro atoms. The molecule has 0 fully saturated rings. The van der Waals surface area contributed by atoms with Gasteiger partial charge in [-0.15, -0.1) is 11.3 Å². The van der Waals surface area contributed by atoms with Crippen LogP contribution >= 0.6 is 11.3 Å². The second kappa shape index (κ2) is 10.2. The summed E-state index contributed by atoms with van der Waals surface area (Å²) in [5.74, 6) is -0.782. The molecule has 0 aliphatic carbocycles. The molecule has 0 saturated carbocycles. The lowest BCUT2D eigenvalue weighted by atomic mass is 10.1. The van der Waals surface area contributed by atoms with Gasteiger partial charge in [0.25, 0.3) is 21.8 Å². The van der Waals surface area contributed by atoms with Crippen molar-refractivity contribution in [2.45, 2.75) is 17.2 Å². The Morgan fingerprint density at radius 1 is 0.968 bits per heavy atom. The van der Waals surface area contributed by atoms with Gasteiger partial charge in [0.15, 0.2) is 6.61 Å². The van der Waals surface area contributed by atoms with E-state index in [2.05, 4.69) is 15.6 Å². The van der Waals surface area contributed by atoms with Crippen molar-refractivity contribution in [1.29, 1.82) is 0 Å². The van der Waals surface area contributed by atoms with Gasteiger partial charge in [-0.2, -0.15) is 4.72 Å². The number of hydrogen-bond acceptors (Lipinski definition) is 6. The average molecular weight is 460 g/mol. The molecule has 0 aliphatic rings. The normalized spacial score (nSPS) is 12.0. The van der Waals surface area contributed by atoms with Crippen LogP contribution in [0.25, 0.3) is 11.1 Å². The Kier molecular flexibility index (Phi) is 7.40. The number of thiophene rings is 1. The fourth-order valence-electron chi connectivity index (χ4n) is 2.63. The summed E-state index contributed by atoms with van der Waals surface area (Å²) in [6.45, 7) is 1.04. The molecule has 8 nitrogen and oxygen atoms in total. The molecule has 3 rings (SSSR count). The number of carbonyl (C=O) groups excluding carboxylic acids is 2. The van der Waals surface area contributed by atoms with Crippen molar-refractivity contribution in [3.63, 3.8) is 0 Å². The zero-order valence-corrected chi connectivity index (χ0v) is 18.2. The van der Waals surface area contributed by atoms with Crippen molar-refractivity contribution in [2.24, 2.45) is 0 Å². The van der Waals surface area contributed by atoms with Gasteiger partial charge in [-0.05, 0) is 30.0 Å². The summed E-state index contributed by atoms with van der Waals surface area (Å²) in [6, 6.07) is 18.8. The molecular formula is C21H21N3O5S2. The zero-order chi connectivity index (χ0) is 22.3. The average Bonchev–Trinajstić information content (AvgIpc) is 3.32. The van der Waals surface area contributed by atoms with Gasteiger partial charge >= 0.3 is 0 Å². The fraction of sp³-hybridized carbons (Fsp3) is 0.143. The molecule has 1 heterocycles. The predicted octanol–water partition coefficient (Wildman–Crippen LogP) is 2.31. The highest BCUT2D eigenvalue weighted by Gasteiger charge is 2.23. The molecule has 0 saturated heterocycles. The topological polar surface area (TPSA) is 114 Å². The monoisotopic (exact) mass is 459 g/mol. The van der Waals surface area contributed by atoms with E-state index in [0.717, 1.165) is 22.5 Å².